The second-order valence-electron chi connectivity index (χ2n) is 6.52. The number of likely N-dealkylation sites (tertiary alicyclic amines) is 1. The number of carbonyl (C=O) groups excluding carboxylic acids is 1. The van der Waals surface area contributed by atoms with Crippen LogP contribution in [-0.2, 0) is 4.79 Å². The van der Waals surface area contributed by atoms with E-state index in [-0.39, 0.29) is 11.9 Å². The average molecular weight is 267 g/mol. The van der Waals surface area contributed by atoms with Gasteiger partial charge in [0.1, 0.15) is 0 Å². The first kappa shape index (κ1) is 14.8. The summed E-state index contributed by atoms with van der Waals surface area (Å²) in [5, 5.41) is 3.22. The predicted octanol–water partition coefficient (Wildman–Crippen LogP) is 1.63. The highest BCUT2D eigenvalue weighted by atomic mass is 16.2. The van der Waals surface area contributed by atoms with Crippen LogP contribution in [0.3, 0.4) is 0 Å². The van der Waals surface area contributed by atoms with Gasteiger partial charge in [0.05, 0.1) is 6.04 Å². The summed E-state index contributed by atoms with van der Waals surface area (Å²) in [5.74, 6) is 0.195. The molecule has 1 aliphatic carbocycles. The molecule has 0 aromatic rings. The van der Waals surface area contributed by atoms with E-state index >= 15 is 0 Å². The topological polar surface area (TPSA) is 58.4 Å². The van der Waals surface area contributed by atoms with Gasteiger partial charge in [-0.25, -0.2) is 0 Å². The maximum absolute atomic E-state index is 12.4. The van der Waals surface area contributed by atoms with E-state index in [2.05, 4.69) is 24.1 Å². The van der Waals surface area contributed by atoms with Crippen LogP contribution in [0.1, 0.15) is 59.3 Å². The fraction of sp³-hybridized carbons (Fsp3) is 0.933. The predicted molar refractivity (Wildman–Crippen MR) is 77.8 cm³/mol. The Balaban J connectivity index is 1.85. The molecule has 3 N–H and O–H groups in total. The summed E-state index contributed by atoms with van der Waals surface area (Å²) in [5.41, 5.74) is 5.90. The molecule has 110 valence electrons. The maximum Gasteiger partial charge on any atom is 0.237 e. The maximum atomic E-state index is 12.4. The summed E-state index contributed by atoms with van der Waals surface area (Å²) in [6.45, 7) is 6.50. The molecule has 1 saturated heterocycles. The largest absolute Gasteiger partial charge is 0.352 e. The van der Waals surface area contributed by atoms with Crippen LogP contribution >= 0.6 is 0 Å². The van der Waals surface area contributed by atoms with Crippen molar-refractivity contribution in [1.82, 2.24) is 10.2 Å². The van der Waals surface area contributed by atoms with Crippen LogP contribution in [0.5, 0.6) is 0 Å². The van der Waals surface area contributed by atoms with Gasteiger partial charge in [-0.1, -0.05) is 0 Å². The minimum atomic E-state index is -0.0110. The van der Waals surface area contributed by atoms with Gasteiger partial charge in [0.15, 0.2) is 0 Å². The molecule has 2 rings (SSSR count). The molecule has 2 aliphatic rings. The van der Waals surface area contributed by atoms with Gasteiger partial charge in [-0.05, 0) is 59.3 Å². The third-order valence-corrected chi connectivity index (χ3v) is 4.97. The van der Waals surface area contributed by atoms with Crippen LogP contribution in [0.15, 0.2) is 0 Å². The lowest BCUT2D eigenvalue weighted by Crippen LogP contribution is -2.52. The quantitative estimate of drug-likeness (QED) is 0.817. The second kappa shape index (κ2) is 6.23. The lowest BCUT2D eigenvalue weighted by Gasteiger charge is -2.34. The third-order valence-electron chi connectivity index (χ3n) is 4.97. The lowest BCUT2D eigenvalue weighted by atomic mass is 9.91. The van der Waals surface area contributed by atoms with Crippen LogP contribution in [0.25, 0.3) is 0 Å². The number of carbonyl (C=O) groups is 1. The number of nitrogens with one attached hydrogen (secondary N) is 1. The van der Waals surface area contributed by atoms with Gasteiger partial charge in [0.2, 0.25) is 5.91 Å². The number of nitrogens with zero attached hydrogens (tertiary/aromatic N) is 1. The van der Waals surface area contributed by atoms with Crippen molar-refractivity contribution in [3.05, 3.63) is 0 Å². The summed E-state index contributed by atoms with van der Waals surface area (Å²) in [4.78, 5) is 14.8. The molecule has 3 unspecified atom stereocenters. The zero-order chi connectivity index (χ0) is 14.0. The van der Waals surface area contributed by atoms with E-state index < -0.39 is 0 Å². The first-order valence-electron chi connectivity index (χ1n) is 7.82. The molecular weight excluding hydrogens is 238 g/mol. The van der Waals surface area contributed by atoms with E-state index in [0.29, 0.717) is 24.2 Å². The SMILES string of the molecule is CC1CCC(C)N1C(C)C(=O)NC1CCC(N)CC1. The van der Waals surface area contributed by atoms with Crippen LogP contribution in [0.4, 0.5) is 0 Å². The molecule has 0 spiro atoms. The van der Waals surface area contributed by atoms with Gasteiger partial charge in [-0.2, -0.15) is 0 Å². The number of rotatable bonds is 3. The van der Waals surface area contributed by atoms with Crippen LogP contribution in [0.2, 0.25) is 0 Å². The number of hydrogen-bond donors (Lipinski definition) is 2. The molecule has 1 amide bonds. The Hall–Kier alpha value is -0.610. The first-order valence-corrected chi connectivity index (χ1v) is 7.82. The van der Waals surface area contributed by atoms with Crippen molar-refractivity contribution in [2.24, 2.45) is 5.73 Å². The van der Waals surface area contributed by atoms with Crippen LogP contribution in [0, 0.1) is 0 Å². The fourth-order valence-corrected chi connectivity index (χ4v) is 3.70. The highest BCUT2D eigenvalue weighted by Gasteiger charge is 2.35. The van der Waals surface area contributed by atoms with E-state index in [1.54, 1.807) is 0 Å². The molecule has 1 heterocycles. The molecule has 2 fully saturated rings. The summed E-state index contributed by atoms with van der Waals surface area (Å²) in [6, 6.07) is 1.71. The highest BCUT2D eigenvalue weighted by molar-refractivity contribution is 5.81. The monoisotopic (exact) mass is 267 g/mol. The average Bonchev–Trinajstić information content (AvgIpc) is 2.71. The summed E-state index contributed by atoms with van der Waals surface area (Å²) in [7, 11) is 0. The van der Waals surface area contributed by atoms with Crippen molar-refractivity contribution in [2.45, 2.75) is 89.5 Å². The number of amides is 1. The Labute approximate surface area is 117 Å². The molecule has 1 saturated carbocycles. The smallest absolute Gasteiger partial charge is 0.237 e. The molecule has 0 aromatic heterocycles. The minimum Gasteiger partial charge on any atom is -0.352 e. The van der Waals surface area contributed by atoms with E-state index in [1.165, 1.54) is 12.8 Å². The first-order chi connectivity index (χ1) is 8.99. The highest BCUT2D eigenvalue weighted by Crippen LogP contribution is 2.26. The van der Waals surface area contributed by atoms with Crippen molar-refractivity contribution < 1.29 is 4.79 Å². The Kier molecular flexibility index (Phi) is 4.85. The summed E-state index contributed by atoms with van der Waals surface area (Å²) in [6.07, 6.45) is 6.55. The summed E-state index contributed by atoms with van der Waals surface area (Å²) < 4.78 is 0. The molecule has 0 bridgehead atoms. The zero-order valence-electron chi connectivity index (χ0n) is 12.6. The molecule has 4 heteroatoms. The van der Waals surface area contributed by atoms with Gasteiger partial charge in [0.25, 0.3) is 0 Å². The van der Waals surface area contributed by atoms with E-state index in [4.69, 9.17) is 5.73 Å². The van der Waals surface area contributed by atoms with Gasteiger partial charge >= 0.3 is 0 Å². The van der Waals surface area contributed by atoms with Gasteiger partial charge in [0, 0.05) is 24.2 Å². The second-order valence-corrected chi connectivity index (χ2v) is 6.52. The van der Waals surface area contributed by atoms with Gasteiger partial charge in [-0.15, -0.1) is 0 Å². The molecule has 3 atom stereocenters. The third kappa shape index (κ3) is 3.48. The summed E-state index contributed by atoms with van der Waals surface area (Å²) >= 11 is 0. The molecule has 19 heavy (non-hydrogen) atoms. The Morgan fingerprint density at radius 2 is 1.63 bits per heavy atom. The molecule has 4 nitrogen and oxygen atoms in total. The van der Waals surface area contributed by atoms with Gasteiger partial charge < -0.3 is 11.1 Å². The Morgan fingerprint density at radius 3 is 2.16 bits per heavy atom. The Morgan fingerprint density at radius 1 is 1.11 bits per heavy atom. The number of nitrogens with two attached hydrogens (primary N) is 1. The van der Waals surface area contributed by atoms with E-state index in [0.717, 1.165) is 25.7 Å². The normalized spacial score (nSPS) is 38.1. The van der Waals surface area contributed by atoms with Crippen LogP contribution in [-0.4, -0.2) is 41.0 Å². The number of hydrogen-bond acceptors (Lipinski definition) is 3. The van der Waals surface area contributed by atoms with E-state index in [9.17, 15) is 4.79 Å². The van der Waals surface area contributed by atoms with Crippen molar-refractivity contribution in [2.75, 3.05) is 0 Å². The van der Waals surface area contributed by atoms with Gasteiger partial charge in [-0.3, -0.25) is 9.69 Å². The molecule has 0 radical (unpaired) electrons. The molecule has 1 aliphatic heterocycles. The molecular formula is C15H29N3O. The van der Waals surface area contributed by atoms with Crippen LogP contribution < -0.4 is 11.1 Å². The zero-order valence-corrected chi connectivity index (χ0v) is 12.6. The van der Waals surface area contributed by atoms with Crippen molar-refractivity contribution >= 4 is 5.91 Å². The van der Waals surface area contributed by atoms with E-state index in [1.807, 2.05) is 6.92 Å². The standard InChI is InChI=1S/C15H29N3O/c1-10-4-5-11(2)18(10)12(3)15(19)17-14-8-6-13(16)7-9-14/h10-14H,4-9,16H2,1-3H3,(H,17,19). The lowest BCUT2D eigenvalue weighted by molar-refractivity contribution is -0.127. The molecule has 0 aromatic carbocycles. The van der Waals surface area contributed by atoms with Crippen molar-refractivity contribution in [3.8, 4) is 0 Å². The Bertz CT molecular complexity index is 303. The van der Waals surface area contributed by atoms with Crippen molar-refractivity contribution in [1.29, 1.82) is 0 Å². The fourth-order valence-electron chi connectivity index (χ4n) is 3.70. The minimum absolute atomic E-state index is 0.0110. The van der Waals surface area contributed by atoms with Crippen molar-refractivity contribution in [3.63, 3.8) is 0 Å².